The maximum atomic E-state index is 14.1. The molecule has 0 aromatic heterocycles. The number of hydrogen-bond donors (Lipinski definition) is 0. The lowest BCUT2D eigenvalue weighted by Gasteiger charge is -2.33. The summed E-state index contributed by atoms with van der Waals surface area (Å²) >= 11 is 0. The molecule has 0 radical (unpaired) electrons. The molecule has 2 aliphatic heterocycles. The van der Waals surface area contributed by atoms with Gasteiger partial charge < -0.3 is 9.64 Å². The summed E-state index contributed by atoms with van der Waals surface area (Å²) in [5.41, 5.74) is 0.177. The third-order valence-electron chi connectivity index (χ3n) is 7.94. The van der Waals surface area contributed by atoms with Gasteiger partial charge in [0.15, 0.2) is 0 Å². The minimum absolute atomic E-state index is 0.0382. The van der Waals surface area contributed by atoms with Crippen molar-refractivity contribution in [2.45, 2.75) is 68.9 Å². The summed E-state index contributed by atoms with van der Waals surface area (Å²) < 4.78 is 19.1. The molecule has 2 aromatic carbocycles. The predicted molar refractivity (Wildman–Crippen MR) is 128 cm³/mol. The lowest BCUT2D eigenvalue weighted by molar-refractivity contribution is -0.145. The van der Waals surface area contributed by atoms with E-state index in [0.717, 1.165) is 44.1 Å². The molecule has 2 aromatic rings. The molecule has 7 heteroatoms. The lowest BCUT2D eigenvalue weighted by Crippen LogP contribution is -2.46. The van der Waals surface area contributed by atoms with Crippen LogP contribution >= 0.6 is 0 Å². The zero-order valence-electron chi connectivity index (χ0n) is 20.0. The van der Waals surface area contributed by atoms with Gasteiger partial charge in [0.05, 0.1) is 18.6 Å². The molecule has 0 N–H and O–H groups in total. The average Bonchev–Trinajstić information content (AvgIpc) is 3.60. The number of benzene rings is 2. The standard InChI is InChI=1S/C28H31FN2O4/c1-35-24-11-5-4-9-22(24)28(18-26(33)31(27(28)34)21-7-2-3-8-21)17-25(32)30-16-6-10-23(30)19-12-14-20(29)15-13-19/h4-5,9,11-15,21,23H,2-3,6-8,10,16-18H2,1H3/t23-,28-/m1/s1. The number of likely N-dealkylation sites (tertiary alicyclic amines) is 2. The third-order valence-corrected chi connectivity index (χ3v) is 7.94. The first-order valence-corrected chi connectivity index (χ1v) is 12.5. The van der Waals surface area contributed by atoms with Crippen LogP contribution in [0.2, 0.25) is 0 Å². The van der Waals surface area contributed by atoms with Gasteiger partial charge in [-0.1, -0.05) is 43.2 Å². The summed E-state index contributed by atoms with van der Waals surface area (Å²) in [7, 11) is 1.54. The van der Waals surface area contributed by atoms with E-state index in [2.05, 4.69) is 0 Å². The molecule has 3 aliphatic rings. The highest BCUT2D eigenvalue weighted by molar-refractivity contribution is 6.11. The number of carbonyl (C=O) groups is 3. The Labute approximate surface area is 205 Å². The predicted octanol–water partition coefficient (Wildman–Crippen LogP) is 4.53. The molecule has 3 amide bonds. The van der Waals surface area contributed by atoms with Crippen molar-refractivity contribution < 1.29 is 23.5 Å². The highest BCUT2D eigenvalue weighted by Gasteiger charge is 2.57. The van der Waals surface area contributed by atoms with Crippen molar-refractivity contribution >= 4 is 17.7 Å². The Bertz CT molecular complexity index is 1130. The molecular weight excluding hydrogens is 447 g/mol. The average molecular weight is 479 g/mol. The van der Waals surface area contributed by atoms with Gasteiger partial charge in [0.2, 0.25) is 17.7 Å². The van der Waals surface area contributed by atoms with Crippen LogP contribution in [0.25, 0.3) is 0 Å². The minimum atomic E-state index is -1.29. The smallest absolute Gasteiger partial charge is 0.241 e. The summed E-state index contributed by atoms with van der Waals surface area (Å²) in [6.07, 6.45) is 5.09. The maximum absolute atomic E-state index is 14.1. The van der Waals surface area contributed by atoms with Crippen LogP contribution in [-0.2, 0) is 19.8 Å². The lowest BCUT2D eigenvalue weighted by atomic mass is 9.75. The fraction of sp³-hybridized carbons (Fsp3) is 0.464. The Morgan fingerprint density at radius 1 is 1.03 bits per heavy atom. The minimum Gasteiger partial charge on any atom is -0.496 e. The molecule has 6 nitrogen and oxygen atoms in total. The van der Waals surface area contributed by atoms with E-state index in [1.54, 1.807) is 29.2 Å². The second kappa shape index (κ2) is 9.44. The van der Waals surface area contributed by atoms with E-state index in [0.29, 0.717) is 17.9 Å². The number of rotatable bonds is 6. The monoisotopic (exact) mass is 478 g/mol. The largest absolute Gasteiger partial charge is 0.496 e. The van der Waals surface area contributed by atoms with E-state index in [1.165, 1.54) is 24.1 Å². The Morgan fingerprint density at radius 2 is 1.74 bits per heavy atom. The molecule has 1 aliphatic carbocycles. The van der Waals surface area contributed by atoms with Crippen LogP contribution in [-0.4, -0.2) is 47.2 Å². The van der Waals surface area contributed by atoms with Gasteiger partial charge in [-0.25, -0.2) is 4.39 Å². The SMILES string of the molecule is COc1ccccc1[C@@]1(CC(=O)N2CCC[C@@H]2c2ccc(F)cc2)CC(=O)N(C2CCCC2)C1=O. The fourth-order valence-electron chi connectivity index (χ4n) is 6.23. The Morgan fingerprint density at radius 3 is 2.46 bits per heavy atom. The first-order valence-electron chi connectivity index (χ1n) is 12.5. The molecule has 0 unspecified atom stereocenters. The summed E-state index contributed by atoms with van der Waals surface area (Å²) in [5, 5.41) is 0. The van der Waals surface area contributed by atoms with Crippen molar-refractivity contribution in [3.8, 4) is 5.75 Å². The number of methoxy groups -OCH3 is 1. The van der Waals surface area contributed by atoms with Crippen molar-refractivity contribution in [2.24, 2.45) is 0 Å². The Kier molecular flexibility index (Phi) is 6.34. The first-order chi connectivity index (χ1) is 16.9. The molecule has 5 rings (SSSR count). The van der Waals surface area contributed by atoms with Crippen LogP contribution in [0, 0.1) is 5.82 Å². The number of nitrogens with zero attached hydrogens (tertiary/aromatic N) is 2. The second-order valence-corrected chi connectivity index (χ2v) is 9.94. The fourth-order valence-corrected chi connectivity index (χ4v) is 6.23. The van der Waals surface area contributed by atoms with Crippen LogP contribution in [0.1, 0.15) is 68.5 Å². The third kappa shape index (κ3) is 4.11. The Balaban J connectivity index is 1.50. The molecule has 35 heavy (non-hydrogen) atoms. The van der Waals surface area contributed by atoms with Crippen molar-refractivity contribution in [1.29, 1.82) is 0 Å². The van der Waals surface area contributed by atoms with Crippen LogP contribution < -0.4 is 4.74 Å². The van der Waals surface area contributed by atoms with E-state index in [9.17, 15) is 18.8 Å². The molecule has 1 saturated carbocycles. The first kappa shape index (κ1) is 23.5. The van der Waals surface area contributed by atoms with E-state index in [4.69, 9.17) is 4.74 Å². The van der Waals surface area contributed by atoms with Crippen molar-refractivity contribution in [3.63, 3.8) is 0 Å². The number of para-hydroxylation sites is 1. The van der Waals surface area contributed by atoms with Crippen LogP contribution in [0.15, 0.2) is 48.5 Å². The summed E-state index contributed by atoms with van der Waals surface area (Å²) in [6, 6.07) is 13.2. The molecular formula is C28H31FN2O4. The number of amides is 3. The van der Waals surface area contributed by atoms with Crippen molar-refractivity contribution in [3.05, 3.63) is 65.5 Å². The van der Waals surface area contributed by atoms with Gasteiger partial charge in [-0.3, -0.25) is 19.3 Å². The van der Waals surface area contributed by atoms with E-state index < -0.39 is 5.41 Å². The van der Waals surface area contributed by atoms with Gasteiger partial charge in [0, 0.05) is 31.0 Å². The Hall–Kier alpha value is -3.22. The molecule has 2 atom stereocenters. The second-order valence-electron chi connectivity index (χ2n) is 9.94. The van der Waals surface area contributed by atoms with Gasteiger partial charge in [0.1, 0.15) is 11.6 Å². The van der Waals surface area contributed by atoms with Gasteiger partial charge in [-0.15, -0.1) is 0 Å². The maximum Gasteiger partial charge on any atom is 0.241 e. The zero-order chi connectivity index (χ0) is 24.6. The summed E-state index contributed by atoms with van der Waals surface area (Å²) in [6.45, 7) is 0.567. The molecule has 0 bridgehead atoms. The van der Waals surface area contributed by atoms with Crippen LogP contribution in [0.5, 0.6) is 5.75 Å². The van der Waals surface area contributed by atoms with Crippen molar-refractivity contribution in [1.82, 2.24) is 9.80 Å². The van der Waals surface area contributed by atoms with Gasteiger partial charge >= 0.3 is 0 Å². The van der Waals surface area contributed by atoms with E-state index >= 15 is 0 Å². The molecule has 2 saturated heterocycles. The van der Waals surface area contributed by atoms with Gasteiger partial charge in [-0.05, 0) is 49.4 Å². The van der Waals surface area contributed by atoms with Gasteiger partial charge in [0.25, 0.3) is 0 Å². The summed E-state index contributed by atoms with van der Waals surface area (Å²) in [5.74, 6) is -0.480. The number of ether oxygens (including phenoxy) is 1. The number of hydrogen-bond acceptors (Lipinski definition) is 4. The topological polar surface area (TPSA) is 66.9 Å². The molecule has 0 spiro atoms. The summed E-state index contributed by atoms with van der Waals surface area (Å²) in [4.78, 5) is 44.4. The zero-order valence-corrected chi connectivity index (χ0v) is 20.0. The number of halogens is 1. The highest BCUT2D eigenvalue weighted by Crippen LogP contribution is 2.47. The van der Waals surface area contributed by atoms with Crippen LogP contribution in [0.4, 0.5) is 4.39 Å². The number of imide groups is 1. The van der Waals surface area contributed by atoms with E-state index in [-0.39, 0.29) is 48.5 Å². The van der Waals surface area contributed by atoms with Crippen LogP contribution in [0.3, 0.4) is 0 Å². The quantitative estimate of drug-likeness (QED) is 0.573. The normalized spacial score (nSPS) is 25.0. The van der Waals surface area contributed by atoms with E-state index in [1.807, 2.05) is 12.1 Å². The molecule has 184 valence electrons. The molecule has 3 fully saturated rings. The molecule has 2 heterocycles. The number of carbonyl (C=O) groups excluding carboxylic acids is 3. The highest BCUT2D eigenvalue weighted by atomic mass is 19.1. The van der Waals surface area contributed by atoms with Crippen molar-refractivity contribution in [2.75, 3.05) is 13.7 Å². The van der Waals surface area contributed by atoms with Gasteiger partial charge in [-0.2, -0.15) is 0 Å².